The van der Waals surface area contributed by atoms with Crippen LogP contribution in [0.2, 0.25) is 0 Å². The Morgan fingerprint density at radius 1 is 1.11 bits per heavy atom. The summed E-state index contributed by atoms with van der Waals surface area (Å²) in [6, 6.07) is 4.12. The van der Waals surface area contributed by atoms with Crippen LogP contribution in [0, 0.1) is 20.8 Å². The molecular weight excluding hydrogens is 362 g/mol. The molecule has 0 amide bonds. The van der Waals surface area contributed by atoms with Crippen molar-refractivity contribution in [2.45, 2.75) is 33.9 Å². The first-order chi connectivity index (χ1) is 13.4. The average molecular weight is 391 g/mol. The Labute approximate surface area is 165 Å². The summed E-state index contributed by atoms with van der Waals surface area (Å²) in [5.74, 6) is 0.315. The molecule has 1 unspecified atom stereocenters. The third-order valence-corrected chi connectivity index (χ3v) is 5.29. The minimum Gasteiger partial charge on any atom is -0.434 e. The first-order valence-electron chi connectivity index (χ1n) is 9.55. The van der Waals surface area contributed by atoms with Crippen molar-refractivity contribution in [3.63, 3.8) is 0 Å². The van der Waals surface area contributed by atoms with Crippen molar-refractivity contribution in [3.8, 4) is 0 Å². The number of hydroxylamine groups is 2. The van der Waals surface area contributed by atoms with E-state index >= 15 is 0 Å². The minimum atomic E-state index is -0.929. The minimum absolute atomic E-state index is 0.216. The van der Waals surface area contributed by atoms with Gasteiger partial charge in [0.15, 0.2) is 6.23 Å². The molecule has 1 fully saturated rings. The van der Waals surface area contributed by atoms with Gasteiger partial charge in [0.2, 0.25) is 5.88 Å². The largest absolute Gasteiger partial charge is 0.515 e. The second kappa shape index (κ2) is 8.48. The summed E-state index contributed by atoms with van der Waals surface area (Å²) >= 11 is 0. The number of aliphatic hydroxyl groups excluding tert-OH is 1. The molecule has 28 heavy (non-hydrogen) atoms. The van der Waals surface area contributed by atoms with E-state index in [2.05, 4.69) is 13.0 Å². The zero-order valence-electron chi connectivity index (χ0n) is 17.2. The van der Waals surface area contributed by atoms with Crippen LogP contribution in [0.25, 0.3) is 5.57 Å². The lowest BCUT2D eigenvalue weighted by Gasteiger charge is -2.30. The van der Waals surface area contributed by atoms with Crippen molar-refractivity contribution in [2.24, 2.45) is 0 Å². The van der Waals surface area contributed by atoms with Crippen LogP contribution >= 0.6 is 0 Å². The maximum atomic E-state index is 12.1. The van der Waals surface area contributed by atoms with Gasteiger partial charge in [0.25, 0.3) is 0 Å². The van der Waals surface area contributed by atoms with E-state index in [4.69, 9.17) is 14.3 Å². The number of rotatable bonds is 4. The van der Waals surface area contributed by atoms with Crippen LogP contribution in [0.15, 0.2) is 18.0 Å². The smallest absolute Gasteiger partial charge is 0.434 e. The summed E-state index contributed by atoms with van der Waals surface area (Å²) in [6.07, 6.45) is -1.71. The monoisotopic (exact) mass is 391 g/mol. The molecule has 1 N–H and O–H groups in total. The second-order valence-corrected chi connectivity index (χ2v) is 7.03. The second-order valence-electron chi connectivity index (χ2n) is 7.03. The number of benzene rings is 1. The Bertz CT molecular complexity index is 779. The Balaban J connectivity index is 2.07. The first kappa shape index (κ1) is 20.6. The van der Waals surface area contributed by atoms with Gasteiger partial charge < -0.3 is 19.4 Å². The molecule has 2 aliphatic heterocycles. The molecule has 2 aliphatic rings. The Hall–Kier alpha value is -2.13. The topological polar surface area (TPSA) is 74.7 Å². The van der Waals surface area contributed by atoms with Gasteiger partial charge in [-0.1, -0.05) is 12.1 Å². The highest BCUT2D eigenvalue weighted by Gasteiger charge is 2.42. The number of carbonyl (C=O) groups is 1. The highest BCUT2D eigenvalue weighted by atomic mass is 16.7. The lowest BCUT2D eigenvalue weighted by Crippen LogP contribution is -2.44. The number of hydrazine groups is 1. The van der Waals surface area contributed by atoms with Gasteiger partial charge in [-0.15, -0.1) is 0 Å². The molecule has 1 aromatic carbocycles. The van der Waals surface area contributed by atoms with Gasteiger partial charge in [-0.2, -0.15) is 10.1 Å². The van der Waals surface area contributed by atoms with Gasteiger partial charge in [-0.3, -0.25) is 5.01 Å². The third-order valence-electron chi connectivity index (χ3n) is 5.29. The highest BCUT2D eigenvalue weighted by molar-refractivity contribution is 5.76. The molecule has 1 aromatic rings. The number of nitrogens with zero attached hydrogens (tertiary/aromatic N) is 3. The fourth-order valence-corrected chi connectivity index (χ4v) is 3.67. The number of aliphatic hydroxyl groups is 1. The summed E-state index contributed by atoms with van der Waals surface area (Å²) in [6.45, 7) is 10.3. The molecule has 3 rings (SSSR count). The van der Waals surface area contributed by atoms with Gasteiger partial charge in [-0.25, -0.2) is 4.79 Å². The lowest BCUT2D eigenvalue weighted by atomic mass is 9.95. The third kappa shape index (κ3) is 3.86. The molecule has 154 valence electrons. The quantitative estimate of drug-likeness (QED) is 0.783. The zero-order chi connectivity index (χ0) is 20.4. The summed E-state index contributed by atoms with van der Waals surface area (Å²) in [4.78, 5) is 17.5. The van der Waals surface area contributed by atoms with Crippen LogP contribution in [0.1, 0.15) is 29.2 Å². The predicted molar refractivity (Wildman–Crippen MR) is 104 cm³/mol. The van der Waals surface area contributed by atoms with Gasteiger partial charge in [0.05, 0.1) is 25.8 Å². The van der Waals surface area contributed by atoms with Crippen LogP contribution in [0.3, 0.4) is 0 Å². The number of aryl methyl sites for hydroxylation is 3. The number of hydrogen-bond donors (Lipinski definition) is 1. The van der Waals surface area contributed by atoms with E-state index in [0.29, 0.717) is 37.6 Å². The van der Waals surface area contributed by atoms with E-state index < -0.39 is 12.4 Å². The number of hydrogen-bond acceptors (Lipinski definition) is 8. The fourth-order valence-electron chi connectivity index (χ4n) is 3.67. The van der Waals surface area contributed by atoms with Crippen LogP contribution in [-0.4, -0.2) is 72.5 Å². The molecule has 2 heterocycles. The molecular formula is C20H29N3O5. The molecule has 8 nitrogen and oxygen atoms in total. The number of ether oxygens (including phenoxy) is 2. The Kier molecular flexibility index (Phi) is 6.24. The zero-order valence-corrected chi connectivity index (χ0v) is 17.2. The Morgan fingerprint density at radius 3 is 2.46 bits per heavy atom. The molecule has 8 heteroatoms. The van der Waals surface area contributed by atoms with Crippen molar-refractivity contribution in [1.82, 2.24) is 15.1 Å². The van der Waals surface area contributed by atoms with E-state index in [1.807, 2.05) is 30.0 Å². The van der Waals surface area contributed by atoms with E-state index in [0.717, 1.165) is 16.7 Å². The summed E-state index contributed by atoms with van der Waals surface area (Å²) < 4.78 is 10.6. The number of carbonyl (C=O) groups excluding carboxylic acids is 1. The van der Waals surface area contributed by atoms with E-state index in [-0.39, 0.29) is 6.61 Å². The highest BCUT2D eigenvalue weighted by Crippen LogP contribution is 2.38. The van der Waals surface area contributed by atoms with Crippen LogP contribution in [0.4, 0.5) is 4.79 Å². The summed E-state index contributed by atoms with van der Waals surface area (Å²) in [5, 5.41) is 16.6. The first-order valence-corrected chi connectivity index (χ1v) is 9.55. The normalized spacial score (nSPS) is 20.9. The fraction of sp³-hybridized carbons (Fsp3) is 0.550. The standard InChI is InChI=1S/C20H29N3O5/c1-6-27-20(25)28-19-17(16-12-14(3)13(2)11-15(16)4)18(24)22-9-7-21(26-5)8-10-23(19)22/h11-12,18,24H,6-10H2,1-5H3. The molecule has 1 atom stereocenters. The van der Waals surface area contributed by atoms with Crippen LogP contribution in [0.5, 0.6) is 0 Å². The van der Waals surface area contributed by atoms with Gasteiger partial charge in [-0.05, 0) is 49.9 Å². The maximum Gasteiger partial charge on any atom is 0.515 e. The van der Waals surface area contributed by atoms with Crippen molar-refractivity contribution < 1.29 is 24.2 Å². The van der Waals surface area contributed by atoms with E-state index in [1.54, 1.807) is 19.0 Å². The molecule has 0 spiro atoms. The van der Waals surface area contributed by atoms with Gasteiger partial charge in [0, 0.05) is 19.6 Å². The number of fused-ring (bicyclic) bond motifs is 1. The van der Waals surface area contributed by atoms with Crippen molar-refractivity contribution in [2.75, 3.05) is 39.9 Å². The molecule has 0 radical (unpaired) electrons. The molecule has 1 saturated heterocycles. The summed E-state index contributed by atoms with van der Waals surface area (Å²) in [5.41, 5.74) is 4.75. The maximum absolute atomic E-state index is 12.1. The molecule has 0 saturated carbocycles. The predicted octanol–water partition coefficient (Wildman–Crippen LogP) is 2.18. The van der Waals surface area contributed by atoms with E-state index in [9.17, 15) is 9.90 Å². The van der Waals surface area contributed by atoms with E-state index in [1.165, 1.54) is 5.56 Å². The summed E-state index contributed by atoms with van der Waals surface area (Å²) in [7, 11) is 1.62. The van der Waals surface area contributed by atoms with Crippen molar-refractivity contribution >= 4 is 11.7 Å². The molecule has 0 aromatic heterocycles. The van der Waals surface area contributed by atoms with Crippen LogP contribution in [-0.2, 0) is 14.3 Å². The van der Waals surface area contributed by atoms with Crippen LogP contribution < -0.4 is 0 Å². The van der Waals surface area contributed by atoms with Crippen molar-refractivity contribution in [3.05, 3.63) is 40.3 Å². The molecule has 0 bridgehead atoms. The van der Waals surface area contributed by atoms with Gasteiger partial charge >= 0.3 is 6.16 Å². The molecule has 0 aliphatic carbocycles. The lowest BCUT2D eigenvalue weighted by molar-refractivity contribution is -0.126. The van der Waals surface area contributed by atoms with Crippen molar-refractivity contribution in [1.29, 1.82) is 0 Å². The Morgan fingerprint density at radius 2 is 1.79 bits per heavy atom. The SMILES string of the molecule is CCOC(=O)OC1=C(c2cc(C)c(C)cc2C)C(O)N2CCN(OC)CCN12. The van der Waals surface area contributed by atoms with Gasteiger partial charge in [0.1, 0.15) is 0 Å². The average Bonchev–Trinajstić information content (AvgIpc) is 2.80.